The van der Waals surface area contributed by atoms with Gasteiger partial charge in [0, 0.05) is 47.7 Å². The second kappa shape index (κ2) is 10.2. The summed E-state index contributed by atoms with van der Waals surface area (Å²) in [5, 5.41) is 5.99. The predicted octanol–water partition coefficient (Wildman–Crippen LogP) is 6.41. The number of carbonyl (C=O) groups excluding carboxylic acids is 1. The molecule has 0 saturated heterocycles. The molecule has 1 amide bonds. The van der Waals surface area contributed by atoms with Gasteiger partial charge in [-0.1, -0.05) is 12.1 Å². The summed E-state index contributed by atoms with van der Waals surface area (Å²) >= 11 is 1.52. The van der Waals surface area contributed by atoms with Crippen LogP contribution in [0.2, 0.25) is 0 Å². The molecule has 0 spiro atoms. The van der Waals surface area contributed by atoms with E-state index in [1.807, 2.05) is 51.1 Å². The van der Waals surface area contributed by atoms with Crippen molar-refractivity contribution in [2.24, 2.45) is 0 Å². The molecule has 7 nitrogen and oxygen atoms in total. The van der Waals surface area contributed by atoms with Gasteiger partial charge in [0.2, 0.25) is 0 Å². The Labute approximate surface area is 207 Å². The summed E-state index contributed by atoms with van der Waals surface area (Å²) < 4.78 is 26.1. The third kappa shape index (κ3) is 6.39. The van der Waals surface area contributed by atoms with Gasteiger partial charge < -0.3 is 25.8 Å². The highest BCUT2D eigenvalue weighted by atomic mass is 32.1. The van der Waals surface area contributed by atoms with Gasteiger partial charge in [0.1, 0.15) is 11.4 Å². The third-order valence-electron chi connectivity index (χ3n) is 4.84. The van der Waals surface area contributed by atoms with Crippen LogP contribution in [0, 0.1) is 5.82 Å². The van der Waals surface area contributed by atoms with Crippen molar-refractivity contribution in [1.82, 2.24) is 10.3 Å². The molecule has 0 atom stereocenters. The lowest BCUT2D eigenvalue weighted by Gasteiger charge is -2.19. The van der Waals surface area contributed by atoms with Crippen LogP contribution in [-0.4, -0.2) is 29.8 Å². The first-order chi connectivity index (χ1) is 16.7. The van der Waals surface area contributed by atoms with Crippen molar-refractivity contribution in [3.63, 3.8) is 0 Å². The van der Waals surface area contributed by atoms with E-state index >= 15 is 0 Å². The molecular weight excluding hydrogens is 467 g/mol. The highest BCUT2D eigenvalue weighted by Crippen LogP contribution is 2.39. The van der Waals surface area contributed by atoms with Crippen LogP contribution in [0.15, 0.2) is 60.8 Å². The summed E-state index contributed by atoms with van der Waals surface area (Å²) in [6, 6.07) is 16.0. The molecule has 0 aliphatic heterocycles. The number of rotatable bonds is 7. The van der Waals surface area contributed by atoms with Gasteiger partial charge in [0.25, 0.3) is 0 Å². The van der Waals surface area contributed by atoms with Crippen molar-refractivity contribution in [3.05, 3.63) is 66.6 Å². The molecule has 2 aromatic heterocycles. The van der Waals surface area contributed by atoms with E-state index < -0.39 is 17.5 Å². The SMILES string of the molecule is CC(C)(C)OC(=O)NCCNc1ccc(-c2cc3nccc(Oc4ccc(N)cc4F)c3s2)cc1. The Balaban J connectivity index is 1.41. The zero-order valence-corrected chi connectivity index (χ0v) is 20.5. The predicted molar refractivity (Wildman–Crippen MR) is 139 cm³/mol. The van der Waals surface area contributed by atoms with Crippen molar-refractivity contribution in [3.8, 4) is 21.9 Å². The van der Waals surface area contributed by atoms with Gasteiger partial charge in [-0.05, 0) is 56.7 Å². The lowest BCUT2D eigenvalue weighted by Crippen LogP contribution is -2.34. The molecule has 0 fully saturated rings. The topological polar surface area (TPSA) is 98.5 Å². The number of hydrogen-bond acceptors (Lipinski definition) is 7. The minimum Gasteiger partial charge on any atom is -0.453 e. The fourth-order valence-electron chi connectivity index (χ4n) is 3.29. The van der Waals surface area contributed by atoms with Crippen LogP contribution in [0.1, 0.15) is 20.8 Å². The number of amides is 1. The lowest BCUT2D eigenvalue weighted by atomic mass is 10.1. The fraction of sp³-hybridized carbons (Fsp3) is 0.231. The van der Waals surface area contributed by atoms with Crippen molar-refractivity contribution in [2.75, 3.05) is 24.1 Å². The first kappa shape index (κ1) is 24.3. The summed E-state index contributed by atoms with van der Waals surface area (Å²) in [6.45, 7) is 6.48. The fourth-order valence-corrected chi connectivity index (χ4v) is 4.36. The summed E-state index contributed by atoms with van der Waals surface area (Å²) in [5.41, 5.74) is 8.17. The van der Waals surface area contributed by atoms with Gasteiger partial charge in [0.05, 0.1) is 10.2 Å². The molecule has 35 heavy (non-hydrogen) atoms. The number of hydrogen-bond donors (Lipinski definition) is 3. The van der Waals surface area contributed by atoms with Crippen LogP contribution < -0.4 is 21.1 Å². The van der Waals surface area contributed by atoms with Crippen LogP contribution in [-0.2, 0) is 4.74 Å². The maximum Gasteiger partial charge on any atom is 0.407 e. The third-order valence-corrected chi connectivity index (χ3v) is 6.03. The molecule has 0 radical (unpaired) electrons. The Bertz CT molecular complexity index is 1330. The number of fused-ring (bicyclic) bond motifs is 1. The molecular formula is C26H27FN4O3S. The summed E-state index contributed by atoms with van der Waals surface area (Å²) in [4.78, 5) is 17.1. The molecule has 182 valence electrons. The van der Waals surface area contributed by atoms with Crippen LogP contribution in [0.25, 0.3) is 20.7 Å². The summed E-state index contributed by atoms with van der Waals surface area (Å²) in [7, 11) is 0. The smallest absolute Gasteiger partial charge is 0.407 e. The number of thiophene rings is 1. The number of anilines is 2. The standard InChI is InChI=1S/C26H27FN4O3S/c1-26(2,3)34-25(32)31-13-12-29-18-7-4-16(5-8-18)23-15-20-24(35-23)22(10-11-30-20)33-21-9-6-17(28)14-19(21)27/h4-11,14-15,29H,12-13,28H2,1-3H3,(H,31,32). The molecule has 4 aromatic rings. The number of pyridine rings is 1. The van der Waals surface area contributed by atoms with E-state index in [0.717, 1.165) is 26.3 Å². The van der Waals surface area contributed by atoms with Gasteiger partial charge in [-0.25, -0.2) is 9.18 Å². The largest absolute Gasteiger partial charge is 0.453 e. The average molecular weight is 495 g/mol. The number of carbonyl (C=O) groups is 1. The van der Waals surface area contributed by atoms with Crippen LogP contribution in [0.4, 0.5) is 20.6 Å². The molecule has 0 unspecified atom stereocenters. The number of halogens is 1. The van der Waals surface area contributed by atoms with Crippen LogP contribution in [0.3, 0.4) is 0 Å². The Morgan fingerprint density at radius 2 is 1.83 bits per heavy atom. The molecule has 0 aliphatic rings. The van der Waals surface area contributed by atoms with Crippen molar-refractivity contribution in [2.45, 2.75) is 26.4 Å². The second-order valence-corrected chi connectivity index (χ2v) is 9.91. The van der Waals surface area contributed by atoms with Gasteiger partial charge in [-0.15, -0.1) is 11.3 Å². The molecule has 0 bridgehead atoms. The number of nitrogens with zero attached hydrogens (tertiary/aromatic N) is 1. The molecule has 4 rings (SSSR count). The monoisotopic (exact) mass is 494 g/mol. The molecule has 2 heterocycles. The number of alkyl carbamates (subject to hydrolysis) is 1. The number of benzene rings is 2. The normalized spacial score (nSPS) is 11.3. The second-order valence-electron chi connectivity index (χ2n) is 8.86. The Kier molecular flexibility index (Phi) is 7.07. The molecule has 4 N–H and O–H groups in total. The maximum atomic E-state index is 14.2. The number of nitrogens with two attached hydrogens (primary N) is 1. The number of nitrogens with one attached hydrogen (secondary N) is 2. The van der Waals surface area contributed by atoms with Crippen molar-refractivity contribution >= 4 is 39.0 Å². The summed E-state index contributed by atoms with van der Waals surface area (Å²) in [5.74, 6) is 0.125. The minimum absolute atomic E-state index is 0.109. The van der Waals surface area contributed by atoms with E-state index in [1.54, 1.807) is 18.3 Å². The van der Waals surface area contributed by atoms with Gasteiger partial charge in [-0.3, -0.25) is 4.98 Å². The Morgan fingerprint density at radius 1 is 1.06 bits per heavy atom. The average Bonchev–Trinajstić information content (AvgIpc) is 3.23. The van der Waals surface area contributed by atoms with Gasteiger partial charge in [0.15, 0.2) is 11.6 Å². The van der Waals surface area contributed by atoms with E-state index in [1.165, 1.54) is 23.5 Å². The van der Waals surface area contributed by atoms with E-state index in [0.29, 0.717) is 24.5 Å². The first-order valence-corrected chi connectivity index (χ1v) is 11.9. The molecule has 0 aliphatic carbocycles. The quantitative estimate of drug-likeness (QED) is 0.203. The highest BCUT2D eigenvalue weighted by molar-refractivity contribution is 7.22. The van der Waals surface area contributed by atoms with E-state index in [2.05, 4.69) is 15.6 Å². The number of ether oxygens (including phenoxy) is 2. The highest BCUT2D eigenvalue weighted by Gasteiger charge is 2.15. The lowest BCUT2D eigenvalue weighted by molar-refractivity contribution is 0.0530. The van der Waals surface area contributed by atoms with Gasteiger partial charge in [-0.2, -0.15) is 0 Å². The number of nitrogen functional groups attached to an aromatic ring is 1. The van der Waals surface area contributed by atoms with Crippen molar-refractivity contribution in [1.29, 1.82) is 0 Å². The van der Waals surface area contributed by atoms with Crippen LogP contribution in [0.5, 0.6) is 11.5 Å². The molecule has 0 saturated carbocycles. The first-order valence-electron chi connectivity index (χ1n) is 11.1. The Hall–Kier alpha value is -3.85. The maximum absolute atomic E-state index is 14.2. The molecule has 2 aromatic carbocycles. The zero-order valence-electron chi connectivity index (χ0n) is 19.7. The van der Waals surface area contributed by atoms with Gasteiger partial charge >= 0.3 is 6.09 Å². The Morgan fingerprint density at radius 3 is 2.54 bits per heavy atom. The van der Waals surface area contributed by atoms with E-state index in [4.69, 9.17) is 15.2 Å². The zero-order chi connectivity index (χ0) is 25.0. The number of aromatic nitrogens is 1. The van der Waals surface area contributed by atoms with E-state index in [-0.39, 0.29) is 5.75 Å². The molecule has 9 heteroatoms. The summed E-state index contributed by atoms with van der Waals surface area (Å²) in [6.07, 6.45) is 1.21. The van der Waals surface area contributed by atoms with Crippen LogP contribution >= 0.6 is 11.3 Å². The minimum atomic E-state index is -0.519. The van der Waals surface area contributed by atoms with E-state index in [9.17, 15) is 9.18 Å². The van der Waals surface area contributed by atoms with Crippen molar-refractivity contribution < 1.29 is 18.7 Å².